The van der Waals surface area contributed by atoms with Crippen LogP contribution < -0.4 is 21.3 Å². The predicted molar refractivity (Wildman–Crippen MR) is 170 cm³/mol. The zero-order valence-electron chi connectivity index (χ0n) is 28.1. The fourth-order valence-electron chi connectivity index (χ4n) is 5.87. The number of aromatic nitrogens is 1. The van der Waals surface area contributed by atoms with Gasteiger partial charge in [-0.15, -0.1) is 6.58 Å². The third-order valence-corrected chi connectivity index (χ3v) is 8.40. The molecule has 3 rings (SSSR count). The van der Waals surface area contributed by atoms with Crippen LogP contribution in [0, 0.1) is 22.7 Å². The molecule has 46 heavy (non-hydrogen) atoms. The first-order valence-corrected chi connectivity index (χ1v) is 15.5. The van der Waals surface area contributed by atoms with E-state index in [4.69, 9.17) is 4.74 Å². The highest BCUT2D eigenvalue weighted by molar-refractivity contribution is 6.38. The number of likely N-dealkylation sites (tertiary alicyclic amines) is 1. The molecule has 2 fully saturated rings. The molecule has 0 bridgehead atoms. The number of fused-ring (bicyclic) bond motifs is 1. The molecule has 252 valence electrons. The van der Waals surface area contributed by atoms with E-state index in [1.165, 1.54) is 11.0 Å². The van der Waals surface area contributed by atoms with Crippen molar-refractivity contribution in [2.75, 3.05) is 13.1 Å². The number of hydrogen-bond donors (Lipinski definition) is 4. The van der Waals surface area contributed by atoms with Gasteiger partial charge >= 0.3 is 6.09 Å². The van der Waals surface area contributed by atoms with Gasteiger partial charge in [-0.3, -0.25) is 29.0 Å². The zero-order valence-corrected chi connectivity index (χ0v) is 28.1. The Morgan fingerprint density at radius 1 is 1.07 bits per heavy atom. The minimum absolute atomic E-state index is 0.0378. The van der Waals surface area contributed by atoms with Gasteiger partial charge in [-0.05, 0) is 62.0 Å². The summed E-state index contributed by atoms with van der Waals surface area (Å²) in [5, 5.41) is 10.3. The Morgan fingerprint density at radius 2 is 1.74 bits per heavy atom. The first kappa shape index (κ1) is 36.2. The van der Waals surface area contributed by atoms with Crippen molar-refractivity contribution in [3.05, 3.63) is 42.7 Å². The topological polar surface area (TPSA) is 176 Å². The molecule has 2 aliphatic rings. The summed E-state index contributed by atoms with van der Waals surface area (Å²) in [6.45, 7) is 18.2. The van der Waals surface area contributed by atoms with Gasteiger partial charge in [0.1, 0.15) is 23.7 Å². The Balaban J connectivity index is 1.70. The van der Waals surface area contributed by atoms with E-state index >= 15 is 0 Å². The average Bonchev–Trinajstić information content (AvgIpc) is 3.27. The molecule has 13 nitrogen and oxygen atoms in total. The van der Waals surface area contributed by atoms with Crippen LogP contribution in [0.2, 0.25) is 0 Å². The second-order valence-corrected chi connectivity index (χ2v) is 14.6. The summed E-state index contributed by atoms with van der Waals surface area (Å²) in [7, 11) is 0. The summed E-state index contributed by atoms with van der Waals surface area (Å²) in [6.07, 6.45) is 2.19. The van der Waals surface area contributed by atoms with E-state index in [1.54, 1.807) is 65.9 Å². The molecule has 1 aromatic heterocycles. The summed E-state index contributed by atoms with van der Waals surface area (Å²) in [5.41, 5.74) is -1.10. The quantitative estimate of drug-likeness (QED) is 0.198. The number of carbonyl (C=O) groups excluding carboxylic acids is 6. The van der Waals surface area contributed by atoms with Crippen molar-refractivity contribution in [3.63, 3.8) is 0 Å². The van der Waals surface area contributed by atoms with Crippen LogP contribution in [0.25, 0.3) is 0 Å². The molecule has 0 spiro atoms. The fourth-order valence-corrected chi connectivity index (χ4v) is 5.87. The van der Waals surface area contributed by atoms with Crippen molar-refractivity contribution in [2.45, 2.75) is 92.1 Å². The summed E-state index contributed by atoms with van der Waals surface area (Å²) in [6, 6.07) is 2.05. The standard InChI is InChI=1S/C33H48N6O7/c1-10-13-21(25(41)28(43)36-17-22(40)35-16-19-14-11-12-15-34-19)37-27(42)24-23-20(33(23,8)9)18-39(24)29(44)26(31(2,3)4)38-30(45)46-32(5,6)7/h10-12,14-15,20-21,23-24,26H,1,13,16-18H2,2-9H3,(H,35,40)(H,36,43)(H,37,42)(H,38,45)/t20?,21?,23?,24-,26+/m0/s1. The van der Waals surface area contributed by atoms with Crippen LogP contribution in [0.5, 0.6) is 0 Å². The first-order chi connectivity index (χ1) is 21.3. The summed E-state index contributed by atoms with van der Waals surface area (Å²) in [5.74, 6) is -3.69. The minimum atomic E-state index is -1.27. The Labute approximate surface area is 270 Å². The molecule has 5 atom stereocenters. The van der Waals surface area contributed by atoms with Crippen LogP contribution in [0.3, 0.4) is 0 Å². The van der Waals surface area contributed by atoms with Gasteiger partial charge in [0.05, 0.1) is 18.8 Å². The Bertz CT molecular complexity index is 1350. The highest BCUT2D eigenvalue weighted by atomic mass is 16.6. The molecule has 1 saturated heterocycles. The van der Waals surface area contributed by atoms with Crippen molar-refractivity contribution in [3.8, 4) is 0 Å². The summed E-state index contributed by atoms with van der Waals surface area (Å²) >= 11 is 0. The number of pyridine rings is 1. The summed E-state index contributed by atoms with van der Waals surface area (Å²) in [4.78, 5) is 84.2. The number of ketones is 1. The van der Waals surface area contributed by atoms with Crippen molar-refractivity contribution >= 4 is 35.5 Å². The first-order valence-electron chi connectivity index (χ1n) is 15.5. The van der Waals surface area contributed by atoms with Crippen LogP contribution in [-0.4, -0.2) is 82.2 Å². The highest BCUT2D eigenvalue weighted by Crippen LogP contribution is 2.65. The largest absolute Gasteiger partial charge is 0.444 e. The number of nitrogens with zero attached hydrogens (tertiary/aromatic N) is 2. The smallest absolute Gasteiger partial charge is 0.408 e. The number of hydrogen-bond acceptors (Lipinski definition) is 8. The van der Waals surface area contributed by atoms with E-state index in [1.807, 2.05) is 13.8 Å². The second-order valence-electron chi connectivity index (χ2n) is 14.6. The zero-order chi connectivity index (χ0) is 34.6. The van der Waals surface area contributed by atoms with Gasteiger partial charge in [-0.2, -0.15) is 0 Å². The fraction of sp³-hybridized carbons (Fsp3) is 0.606. The van der Waals surface area contributed by atoms with E-state index in [2.05, 4.69) is 32.8 Å². The van der Waals surface area contributed by atoms with Gasteiger partial charge in [-0.1, -0.05) is 46.8 Å². The van der Waals surface area contributed by atoms with Crippen LogP contribution in [0.1, 0.15) is 67.5 Å². The van der Waals surface area contributed by atoms with Gasteiger partial charge in [0.15, 0.2) is 0 Å². The third kappa shape index (κ3) is 8.91. The number of nitrogens with one attached hydrogen (secondary N) is 4. The molecule has 13 heteroatoms. The Morgan fingerprint density at radius 3 is 2.30 bits per heavy atom. The minimum Gasteiger partial charge on any atom is -0.444 e. The molecule has 5 amide bonds. The van der Waals surface area contributed by atoms with Gasteiger partial charge in [0, 0.05) is 12.7 Å². The van der Waals surface area contributed by atoms with E-state index in [-0.39, 0.29) is 30.2 Å². The number of alkyl carbamates (subject to hydrolysis) is 1. The van der Waals surface area contributed by atoms with Gasteiger partial charge in [0.25, 0.3) is 5.91 Å². The molecule has 1 aliphatic heterocycles. The molecule has 2 heterocycles. The Kier molecular flexibility index (Phi) is 11.0. The maximum absolute atomic E-state index is 14.0. The van der Waals surface area contributed by atoms with Crippen LogP contribution in [-0.2, 0) is 35.3 Å². The van der Waals surface area contributed by atoms with Crippen molar-refractivity contribution in [1.82, 2.24) is 31.2 Å². The molecule has 0 radical (unpaired) electrons. The maximum Gasteiger partial charge on any atom is 0.408 e. The Hall–Kier alpha value is -4.29. The third-order valence-electron chi connectivity index (χ3n) is 8.40. The molecular formula is C33H48N6O7. The van der Waals surface area contributed by atoms with Crippen molar-refractivity contribution in [2.24, 2.45) is 22.7 Å². The number of Topliss-reactive ketones (excluding diaryl/α,β-unsaturated/α-hetero) is 1. The van der Waals surface area contributed by atoms with Crippen molar-refractivity contribution in [1.29, 1.82) is 0 Å². The summed E-state index contributed by atoms with van der Waals surface area (Å²) < 4.78 is 5.40. The lowest BCUT2D eigenvalue weighted by molar-refractivity contribution is -0.145. The predicted octanol–water partition coefficient (Wildman–Crippen LogP) is 1.87. The van der Waals surface area contributed by atoms with Crippen LogP contribution >= 0.6 is 0 Å². The molecule has 1 saturated carbocycles. The van der Waals surface area contributed by atoms with E-state index in [0.717, 1.165) is 0 Å². The maximum atomic E-state index is 14.0. The lowest BCUT2D eigenvalue weighted by Crippen LogP contribution is -2.60. The second kappa shape index (κ2) is 14.0. The SMILES string of the molecule is C=CCC(NC(=O)[C@@H]1C2C(CN1C(=O)[C@@H](NC(=O)OC(C)(C)C)C(C)(C)C)C2(C)C)C(=O)C(=O)NCC(=O)NCc1ccccn1. The van der Waals surface area contributed by atoms with E-state index < -0.39 is 71.2 Å². The lowest BCUT2D eigenvalue weighted by atomic mass is 9.85. The van der Waals surface area contributed by atoms with Gasteiger partial charge in [0.2, 0.25) is 23.5 Å². The number of rotatable bonds is 12. The number of ether oxygens (including phenoxy) is 1. The molecule has 4 N–H and O–H groups in total. The molecule has 3 unspecified atom stereocenters. The van der Waals surface area contributed by atoms with Crippen LogP contribution in [0.4, 0.5) is 4.79 Å². The van der Waals surface area contributed by atoms with E-state index in [9.17, 15) is 28.8 Å². The molecule has 0 aromatic carbocycles. The highest BCUT2D eigenvalue weighted by Gasteiger charge is 2.70. The lowest BCUT2D eigenvalue weighted by Gasteiger charge is -2.38. The number of amides is 5. The van der Waals surface area contributed by atoms with E-state index in [0.29, 0.717) is 12.2 Å². The molecular weight excluding hydrogens is 592 g/mol. The average molecular weight is 641 g/mol. The normalized spacial score (nSPS) is 21.1. The van der Waals surface area contributed by atoms with Gasteiger partial charge < -0.3 is 30.9 Å². The van der Waals surface area contributed by atoms with Gasteiger partial charge in [-0.25, -0.2) is 4.79 Å². The van der Waals surface area contributed by atoms with Crippen LogP contribution in [0.15, 0.2) is 37.1 Å². The molecule has 1 aromatic rings. The molecule has 1 aliphatic carbocycles. The number of piperidine rings is 1. The van der Waals surface area contributed by atoms with Crippen molar-refractivity contribution < 1.29 is 33.5 Å². The monoisotopic (exact) mass is 640 g/mol. The number of carbonyl (C=O) groups is 6.